The summed E-state index contributed by atoms with van der Waals surface area (Å²) in [5.41, 5.74) is -0.413. The molecule has 1 spiro atoms. The summed E-state index contributed by atoms with van der Waals surface area (Å²) < 4.78 is 5.47. The second-order valence-electron chi connectivity index (χ2n) is 9.33. The van der Waals surface area contributed by atoms with E-state index >= 15 is 0 Å². The van der Waals surface area contributed by atoms with Crippen LogP contribution in [0.1, 0.15) is 31.2 Å². The number of esters is 1. The standard InChI is InChI=1S/C25H29ClN4O6S2/c26-16-5-3-4-15(10-16)11-18-22(33)29-19-14-38-37-9-2-1-6-17(12-20(31)28-18)36-21(32)13-27-24(35)25(7-8-25)30-23(19)34/h1,3-6,10,17-19H,2,7-9,11-14H2,(H,27,35)(H,28,31)(H,29,33)(H,30,34)/b6-1+/t17-,18+,19-/m0/s1. The van der Waals surface area contributed by atoms with Crippen molar-refractivity contribution < 1.29 is 28.7 Å². The summed E-state index contributed by atoms with van der Waals surface area (Å²) in [5, 5.41) is 11.3. The van der Waals surface area contributed by atoms with Gasteiger partial charge in [-0.1, -0.05) is 51.4 Å². The summed E-state index contributed by atoms with van der Waals surface area (Å²) in [5.74, 6) is -1.81. The van der Waals surface area contributed by atoms with Gasteiger partial charge in [0.1, 0.15) is 30.3 Å². The Morgan fingerprint density at radius 1 is 1.05 bits per heavy atom. The van der Waals surface area contributed by atoms with Crippen molar-refractivity contribution in [2.75, 3.05) is 18.1 Å². The normalized spacial score (nSPS) is 27.7. The van der Waals surface area contributed by atoms with Crippen LogP contribution >= 0.6 is 33.2 Å². The quantitative estimate of drug-likeness (QED) is 0.233. The number of carbonyl (C=O) groups is 5. The minimum absolute atomic E-state index is 0.126. The maximum Gasteiger partial charge on any atom is 0.326 e. The highest BCUT2D eigenvalue weighted by Crippen LogP contribution is 2.36. The molecule has 204 valence electrons. The zero-order valence-electron chi connectivity index (χ0n) is 20.5. The van der Waals surface area contributed by atoms with Crippen LogP contribution in [-0.2, 0) is 35.1 Å². The van der Waals surface area contributed by atoms with Crippen molar-refractivity contribution >= 4 is 62.8 Å². The van der Waals surface area contributed by atoms with Gasteiger partial charge in [0.15, 0.2) is 0 Å². The highest BCUT2D eigenvalue weighted by molar-refractivity contribution is 8.76. The van der Waals surface area contributed by atoms with Crippen LogP contribution in [0.15, 0.2) is 36.4 Å². The number of nitrogens with one attached hydrogen (secondary N) is 4. The average Bonchev–Trinajstić information content (AvgIpc) is 3.64. The Labute approximate surface area is 233 Å². The number of fused-ring (bicyclic) bond motifs is 7. The molecule has 4 amide bonds. The predicted molar refractivity (Wildman–Crippen MR) is 145 cm³/mol. The molecule has 2 heterocycles. The third-order valence-corrected chi connectivity index (χ3v) is 8.94. The SMILES string of the molecule is O=C1C[C@@H]2/C=C/CCSSC[C@H](NC(=O)[C@@H](Cc3cccc(Cl)c3)N1)C(=O)NC1(CC1)C(=O)NCC(=O)O2. The van der Waals surface area contributed by atoms with E-state index in [-0.39, 0.29) is 18.6 Å². The lowest BCUT2D eigenvalue weighted by Crippen LogP contribution is -2.59. The van der Waals surface area contributed by atoms with Crippen molar-refractivity contribution in [1.82, 2.24) is 21.3 Å². The molecule has 4 N–H and O–H groups in total. The Hall–Kier alpha value is -2.70. The lowest BCUT2D eigenvalue weighted by molar-refractivity contribution is -0.148. The van der Waals surface area contributed by atoms with Gasteiger partial charge >= 0.3 is 5.97 Å². The first-order valence-corrected chi connectivity index (χ1v) is 15.2. The van der Waals surface area contributed by atoms with E-state index in [0.29, 0.717) is 35.6 Å². The van der Waals surface area contributed by atoms with Crippen molar-refractivity contribution in [3.05, 3.63) is 47.0 Å². The van der Waals surface area contributed by atoms with E-state index in [1.807, 2.05) is 6.08 Å². The fourth-order valence-corrected chi connectivity index (χ4v) is 6.45. The predicted octanol–water partition coefficient (Wildman–Crippen LogP) is 1.27. The fraction of sp³-hybridized carbons (Fsp3) is 0.480. The van der Waals surface area contributed by atoms with Gasteiger partial charge in [-0.05, 0) is 43.0 Å². The first-order valence-electron chi connectivity index (χ1n) is 12.3. The molecule has 0 aromatic heterocycles. The molecule has 1 aromatic rings. The molecule has 3 aliphatic rings. The van der Waals surface area contributed by atoms with Gasteiger partial charge in [-0.15, -0.1) is 0 Å². The van der Waals surface area contributed by atoms with Gasteiger partial charge in [-0.25, -0.2) is 0 Å². The van der Waals surface area contributed by atoms with E-state index in [1.165, 1.54) is 21.6 Å². The van der Waals surface area contributed by atoms with Crippen LogP contribution in [0.5, 0.6) is 0 Å². The number of rotatable bonds is 2. The highest BCUT2D eigenvalue weighted by atomic mass is 35.5. The molecule has 0 radical (unpaired) electrons. The van der Waals surface area contributed by atoms with Crippen LogP contribution in [0.4, 0.5) is 0 Å². The van der Waals surface area contributed by atoms with Gasteiger partial charge < -0.3 is 26.0 Å². The zero-order chi connectivity index (χ0) is 27.1. The van der Waals surface area contributed by atoms with E-state index < -0.39 is 59.9 Å². The topological polar surface area (TPSA) is 143 Å². The zero-order valence-corrected chi connectivity index (χ0v) is 22.9. The first kappa shape index (κ1) is 28.3. The summed E-state index contributed by atoms with van der Waals surface area (Å²) in [4.78, 5) is 65.0. The summed E-state index contributed by atoms with van der Waals surface area (Å²) in [6.07, 6.45) is 3.98. The number of hydrogen-bond acceptors (Lipinski definition) is 8. The molecule has 13 heteroatoms. The molecule has 1 saturated heterocycles. The summed E-state index contributed by atoms with van der Waals surface area (Å²) in [7, 11) is 2.96. The number of halogens is 1. The Morgan fingerprint density at radius 3 is 2.63 bits per heavy atom. The second-order valence-corrected chi connectivity index (χ2v) is 12.4. The Balaban J connectivity index is 1.66. The maximum atomic E-state index is 13.5. The van der Waals surface area contributed by atoms with Gasteiger partial charge in [0.2, 0.25) is 23.6 Å². The van der Waals surface area contributed by atoms with Crippen molar-refractivity contribution in [2.45, 2.75) is 55.8 Å². The smallest absolute Gasteiger partial charge is 0.326 e. The summed E-state index contributed by atoms with van der Waals surface area (Å²) in [6.45, 7) is -0.397. The van der Waals surface area contributed by atoms with Gasteiger partial charge in [0.25, 0.3) is 0 Å². The Kier molecular flexibility index (Phi) is 9.61. The van der Waals surface area contributed by atoms with Gasteiger partial charge in [0.05, 0.1) is 6.42 Å². The second kappa shape index (κ2) is 12.9. The van der Waals surface area contributed by atoms with Crippen LogP contribution < -0.4 is 21.3 Å². The summed E-state index contributed by atoms with van der Waals surface area (Å²) >= 11 is 6.12. The largest absolute Gasteiger partial charge is 0.456 e. The van der Waals surface area contributed by atoms with E-state index in [2.05, 4.69) is 21.3 Å². The van der Waals surface area contributed by atoms with E-state index in [0.717, 1.165) is 0 Å². The van der Waals surface area contributed by atoms with Crippen LogP contribution in [0.25, 0.3) is 0 Å². The van der Waals surface area contributed by atoms with Crippen LogP contribution in [-0.4, -0.2) is 71.4 Å². The fourth-order valence-electron chi connectivity index (χ4n) is 4.08. The number of carbonyl (C=O) groups excluding carboxylic acids is 5. The van der Waals surface area contributed by atoms with E-state index in [4.69, 9.17) is 16.3 Å². The van der Waals surface area contributed by atoms with E-state index in [9.17, 15) is 24.0 Å². The molecule has 1 saturated carbocycles. The molecule has 38 heavy (non-hydrogen) atoms. The number of hydrogen-bond donors (Lipinski definition) is 4. The lowest BCUT2D eigenvalue weighted by Gasteiger charge is -2.26. The number of amides is 4. The van der Waals surface area contributed by atoms with Crippen LogP contribution in [0.3, 0.4) is 0 Å². The molecular formula is C25H29ClN4O6S2. The van der Waals surface area contributed by atoms with E-state index in [1.54, 1.807) is 30.3 Å². The van der Waals surface area contributed by atoms with Crippen molar-refractivity contribution in [3.8, 4) is 0 Å². The molecule has 10 nitrogen and oxygen atoms in total. The minimum atomic E-state index is -1.13. The lowest BCUT2D eigenvalue weighted by atomic mass is 10.0. The Bertz CT molecular complexity index is 1130. The molecule has 2 fully saturated rings. The molecule has 2 bridgehead atoms. The van der Waals surface area contributed by atoms with Gasteiger partial charge in [-0.2, -0.15) is 0 Å². The number of benzene rings is 1. The van der Waals surface area contributed by atoms with Gasteiger partial charge in [-0.3, -0.25) is 24.0 Å². The third kappa shape index (κ3) is 7.90. The number of allylic oxidation sites excluding steroid dienone is 1. The maximum absolute atomic E-state index is 13.5. The molecule has 4 rings (SSSR count). The monoisotopic (exact) mass is 580 g/mol. The molecule has 1 aromatic carbocycles. The van der Waals surface area contributed by atoms with Crippen LogP contribution in [0.2, 0.25) is 5.02 Å². The van der Waals surface area contributed by atoms with Crippen LogP contribution in [0, 0.1) is 0 Å². The first-order chi connectivity index (χ1) is 18.2. The van der Waals surface area contributed by atoms with Gasteiger partial charge in [0, 0.05) is 22.9 Å². The Morgan fingerprint density at radius 2 is 1.87 bits per heavy atom. The average molecular weight is 581 g/mol. The molecule has 0 unspecified atom stereocenters. The van der Waals surface area contributed by atoms with Crippen molar-refractivity contribution in [1.29, 1.82) is 0 Å². The van der Waals surface area contributed by atoms with Crippen molar-refractivity contribution in [2.24, 2.45) is 0 Å². The minimum Gasteiger partial charge on any atom is -0.456 e. The van der Waals surface area contributed by atoms with Crippen molar-refractivity contribution in [3.63, 3.8) is 0 Å². The highest BCUT2D eigenvalue weighted by Gasteiger charge is 2.52. The molecular weight excluding hydrogens is 552 g/mol. The molecule has 2 aliphatic heterocycles. The third-order valence-electron chi connectivity index (χ3n) is 6.26. The molecule has 1 aliphatic carbocycles. The molecule has 3 atom stereocenters. The number of ether oxygens (including phenoxy) is 1. The summed E-state index contributed by atoms with van der Waals surface area (Å²) in [6, 6.07) is 4.95.